The second-order valence-corrected chi connectivity index (χ2v) is 7.96. The Morgan fingerprint density at radius 2 is 1.79 bits per heavy atom. The number of aromatic nitrogens is 2. The van der Waals surface area contributed by atoms with Gasteiger partial charge in [-0.05, 0) is 48.9 Å². The van der Waals surface area contributed by atoms with Crippen LogP contribution in [-0.2, 0) is 14.6 Å². The van der Waals surface area contributed by atoms with E-state index in [2.05, 4.69) is 15.5 Å². The van der Waals surface area contributed by atoms with Crippen LogP contribution >= 0.6 is 0 Å². The third-order valence-corrected chi connectivity index (χ3v) is 5.55. The lowest BCUT2D eigenvalue weighted by Crippen LogP contribution is -2.14. The molecule has 10 heteroatoms. The molecule has 0 saturated heterocycles. The minimum absolute atomic E-state index is 0.00838. The predicted molar refractivity (Wildman–Crippen MR) is 96.0 cm³/mol. The first-order valence-corrected chi connectivity index (χ1v) is 9.86. The Morgan fingerprint density at radius 3 is 2.50 bits per heavy atom. The van der Waals surface area contributed by atoms with E-state index in [1.807, 2.05) is 0 Å². The predicted octanol–water partition coefficient (Wildman–Crippen LogP) is 3.21. The molecule has 0 aliphatic heterocycles. The van der Waals surface area contributed by atoms with Crippen molar-refractivity contribution in [3.05, 3.63) is 60.2 Å². The van der Waals surface area contributed by atoms with Crippen molar-refractivity contribution in [2.75, 3.05) is 11.1 Å². The van der Waals surface area contributed by atoms with Gasteiger partial charge in [0.25, 0.3) is 0 Å². The molecular weight excluding hydrogens is 392 g/mol. The van der Waals surface area contributed by atoms with E-state index in [1.54, 1.807) is 6.07 Å². The molecule has 3 aromatic rings. The lowest BCUT2D eigenvalue weighted by Gasteiger charge is -2.04. The number of anilines is 1. The van der Waals surface area contributed by atoms with Gasteiger partial charge in [-0.15, -0.1) is 5.10 Å². The van der Waals surface area contributed by atoms with E-state index in [0.29, 0.717) is 5.56 Å². The van der Waals surface area contributed by atoms with Crippen LogP contribution < -0.4 is 5.32 Å². The van der Waals surface area contributed by atoms with Crippen LogP contribution in [0, 0.1) is 11.6 Å². The first-order valence-electron chi connectivity index (χ1n) is 8.21. The summed E-state index contributed by atoms with van der Waals surface area (Å²) in [7, 11) is -3.62. The third-order valence-electron chi connectivity index (χ3n) is 3.73. The highest BCUT2D eigenvalue weighted by Crippen LogP contribution is 2.20. The zero-order valence-corrected chi connectivity index (χ0v) is 15.2. The van der Waals surface area contributed by atoms with Crippen molar-refractivity contribution in [2.24, 2.45) is 0 Å². The van der Waals surface area contributed by atoms with Crippen molar-refractivity contribution in [2.45, 2.75) is 17.7 Å². The standard InChI is InChI=1S/C18H15F2N3O4S/c19-13-6-8-15(9-7-13)28(25,26)10-2-5-16(24)21-18-23-22-17(27-18)12-3-1-4-14(20)11-12/h1,3-4,6-9,11H,2,5,10H2,(H,21,23,24). The Hall–Kier alpha value is -3.14. The topological polar surface area (TPSA) is 102 Å². The lowest BCUT2D eigenvalue weighted by atomic mass is 10.2. The fourth-order valence-electron chi connectivity index (χ4n) is 2.38. The van der Waals surface area contributed by atoms with Crippen molar-refractivity contribution in [1.82, 2.24) is 10.2 Å². The monoisotopic (exact) mass is 407 g/mol. The fraction of sp³-hybridized carbons (Fsp3) is 0.167. The van der Waals surface area contributed by atoms with Gasteiger partial charge in [-0.2, -0.15) is 0 Å². The number of hydrogen-bond acceptors (Lipinski definition) is 6. The van der Waals surface area contributed by atoms with Gasteiger partial charge in [0.15, 0.2) is 9.84 Å². The van der Waals surface area contributed by atoms with Gasteiger partial charge in [0.1, 0.15) is 11.6 Å². The van der Waals surface area contributed by atoms with Crippen LogP contribution in [-0.4, -0.2) is 30.3 Å². The molecule has 0 atom stereocenters. The molecule has 3 rings (SSSR count). The van der Waals surface area contributed by atoms with Crippen LogP contribution in [0.25, 0.3) is 11.5 Å². The molecule has 0 aliphatic rings. The van der Waals surface area contributed by atoms with Crippen molar-refractivity contribution in [3.63, 3.8) is 0 Å². The van der Waals surface area contributed by atoms with Gasteiger partial charge in [-0.1, -0.05) is 11.2 Å². The number of benzene rings is 2. The summed E-state index contributed by atoms with van der Waals surface area (Å²) < 4.78 is 55.6. The molecule has 0 spiro atoms. The third kappa shape index (κ3) is 4.97. The maximum atomic E-state index is 13.2. The molecule has 146 valence electrons. The molecule has 0 aliphatic carbocycles. The molecular formula is C18H15F2N3O4S. The van der Waals surface area contributed by atoms with Crippen molar-refractivity contribution in [3.8, 4) is 11.5 Å². The highest BCUT2D eigenvalue weighted by molar-refractivity contribution is 7.91. The SMILES string of the molecule is O=C(CCCS(=O)(=O)c1ccc(F)cc1)Nc1nnc(-c2cccc(F)c2)o1. The van der Waals surface area contributed by atoms with E-state index in [1.165, 1.54) is 30.3 Å². The summed E-state index contributed by atoms with van der Waals surface area (Å²) in [6, 6.07) is 9.83. The highest BCUT2D eigenvalue weighted by Gasteiger charge is 2.16. The van der Waals surface area contributed by atoms with E-state index in [9.17, 15) is 22.0 Å². The number of carbonyl (C=O) groups excluding carboxylic acids is 1. The number of halogens is 2. The van der Waals surface area contributed by atoms with E-state index in [4.69, 9.17) is 4.42 Å². The molecule has 0 saturated carbocycles. The maximum absolute atomic E-state index is 13.2. The molecule has 0 fully saturated rings. The zero-order chi connectivity index (χ0) is 20.1. The number of amides is 1. The van der Waals surface area contributed by atoms with Crippen molar-refractivity contribution >= 4 is 21.8 Å². The average molecular weight is 407 g/mol. The Balaban J connectivity index is 1.53. The van der Waals surface area contributed by atoms with Crippen LogP contribution in [0.15, 0.2) is 57.8 Å². The van der Waals surface area contributed by atoms with Crippen LogP contribution in [0.2, 0.25) is 0 Å². The Bertz CT molecular complexity index is 1080. The molecule has 0 radical (unpaired) electrons. The minimum Gasteiger partial charge on any atom is -0.403 e. The Kier molecular flexibility index (Phi) is 5.78. The summed E-state index contributed by atoms with van der Waals surface area (Å²) in [6.45, 7) is 0. The number of nitrogens with one attached hydrogen (secondary N) is 1. The van der Waals surface area contributed by atoms with Crippen LogP contribution in [0.3, 0.4) is 0 Å². The summed E-state index contributed by atoms with van der Waals surface area (Å²) in [5, 5.41) is 9.74. The van der Waals surface area contributed by atoms with Gasteiger partial charge in [0, 0.05) is 12.0 Å². The summed E-state index contributed by atoms with van der Waals surface area (Å²) >= 11 is 0. The molecule has 28 heavy (non-hydrogen) atoms. The molecule has 1 amide bonds. The second-order valence-electron chi connectivity index (χ2n) is 5.85. The normalized spacial score (nSPS) is 11.4. The van der Waals surface area contributed by atoms with Crippen LogP contribution in [0.5, 0.6) is 0 Å². The smallest absolute Gasteiger partial charge is 0.322 e. The first kappa shape index (κ1) is 19.6. The van der Waals surface area contributed by atoms with Crippen molar-refractivity contribution < 1.29 is 26.4 Å². The molecule has 0 bridgehead atoms. The van der Waals surface area contributed by atoms with Gasteiger partial charge in [0.05, 0.1) is 10.6 Å². The van der Waals surface area contributed by atoms with Gasteiger partial charge >= 0.3 is 6.01 Å². The van der Waals surface area contributed by atoms with Crippen LogP contribution in [0.1, 0.15) is 12.8 Å². The summed E-state index contributed by atoms with van der Waals surface area (Å²) in [5.41, 5.74) is 0.360. The number of nitrogens with zero attached hydrogens (tertiary/aromatic N) is 2. The van der Waals surface area contributed by atoms with Gasteiger partial charge in [-0.3, -0.25) is 10.1 Å². The summed E-state index contributed by atoms with van der Waals surface area (Å²) in [4.78, 5) is 11.9. The minimum atomic E-state index is -3.62. The summed E-state index contributed by atoms with van der Waals surface area (Å²) in [6.07, 6.45) is -0.0471. The first-order chi connectivity index (χ1) is 13.3. The Morgan fingerprint density at radius 1 is 1.04 bits per heavy atom. The highest BCUT2D eigenvalue weighted by atomic mass is 32.2. The zero-order valence-electron chi connectivity index (χ0n) is 14.4. The maximum Gasteiger partial charge on any atom is 0.322 e. The lowest BCUT2D eigenvalue weighted by molar-refractivity contribution is -0.116. The van der Waals surface area contributed by atoms with E-state index < -0.39 is 27.4 Å². The Labute approximate surface area is 159 Å². The number of rotatable bonds is 7. The van der Waals surface area contributed by atoms with E-state index in [0.717, 1.165) is 12.1 Å². The number of carbonyl (C=O) groups is 1. The van der Waals surface area contributed by atoms with Crippen LogP contribution in [0.4, 0.5) is 14.8 Å². The largest absolute Gasteiger partial charge is 0.403 e. The van der Waals surface area contributed by atoms with Gasteiger partial charge in [-0.25, -0.2) is 17.2 Å². The molecule has 1 aromatic heterocycles. The number of hydrogen-bond donors (Lipinski definition) is 1. The van der Waals surface area contributed by atoms with E-state index >= 15 is 0 Å². The van der Waals surface area contributed by atoms with Crippen molar-refractivity contribution in [1.29, 1.82) is 0 Å². The molecule has 7 nitrogen and oxygen atoms in total. The van der Waals surface area contributed by atoms with Gasteiger partial charge < -0.3 is 4.42 Å². The second kappa shape index (κ2) is 8.26. The van der Waals surface area contributed by atoms with E-state index in [-0.39, 0.29) is 35.4 Å². The molecule has 1 heterocycles. The fourth-order valence-corrected chi connectivity index (χ4v) is 3.69. The number of sulfone groups is 1. The molecule has 1 N–H and O–H groups in total. The molecule has 0 unspecified atom stereocenters. The quantitative estimate of drug-likeness (QED) is 0.604. The summed E-state index contributed by atoms with van der Waals surface area (Å²) in [5.74, 6) is -1.75. The average Bonchev–Trinajstić information content (AvgIpc) is 3.10. The van der Waals surface area contributed by atoms with Gasteiger partial charge in [0.2, 0.25) is 11.8 Å². The molecule has 2 aromatic carbocycles.